The van der Waals surface area contributed by atoms with Crippen molar-refractivity contribution in [3.05, 3.63) is 49.5 Å². The first kappa shape index (κ1) is 15.9. The minimum atomic E-state index is -0.212. The van der Waals surface area contributed by atoms with E-state index < -0.39 is 0 Å². The molecule has 0 radical (unpaired) electrons. The lowest BCUT2D eigenvalue weighted by molar-refractivity contribution is 0.538. The van der Waals surface area contributed by atoms with Gasteiger partial charge in [0.1, 0.15) is 5.82 Å². The molecule has 0 saturated heterocycles. The van der Waals surface area contributed by atoms with Gasteiger partial charge in [-0.15, -0.1) is 0 Å². The molecule has 1 N–H and O–H groups in total. The Kier molecular flexibility index (Phi) is 5.57. The van der Waals surface area contributed by atoms with E-state index in [-0.39, 0.29) is 11.9 Å². The lowest BCUT2D eigenvalue weighted by atomic mass is 10.0. The van der Waals surface area contributed by atoms with Crippen molar-refractivity contribution in [1.29, 1.82) is 0 Å². The van der Waals surface area contributed by atoms with Crippen molar-refractivity contribution < 1.29 is 4.39 Å². The Labute approximate surface area is 140 Å². The first-order valence-corrected chi connectivity index (χ1v) is 8.35. The van der Waals surface area contributed by atoms with Crippen LogP contribution >= 0.6 is 38.5 Å². The van der Waals surface area contributed by atoms with Crippen molar-refractivity contribution in [2.75, 3.05) is 6.54 Å². The first-order chi connectivity index (χ1) is 9.58. The van der Waals surface area contributed by atoms with Crippen LogP contribution < -0.4 is 5.32 Å². The Morgan fingerprint density at radius 2 is 2.20 bits per heavy atom. The van der Waals surface area contributed by atoms with E-state index >= 15 is 0 Å². The number of halogens is 3. The van der Waals surface area contributed by atoms with Gasteiger partial charge < -0.3 is 5.32 Å². The Hall–Kier alpha value is -0.470. The van der Waals surface area contributed by atoms with Gasteiger partial charge in [0, 0.05) is 10.1 Å². The molecule has 2 rings (SSSR count). The quantitative estimate of drug-likeness (QED) is 0.693. The molecule has 1 unspecified atom stereocenters. The summed E-state index contributed by atoms with van der Waals surface area (Å²) in [5.41, 5.74) is 2.13. The summed E-state index contributed by atoms with van der Waals surface area (Å²) >= 11 is 5.74. The summed E-state index contributed by atoms with van der Waals surface area (Å²) in [4.78, 5) is 0. The average molecular weight is 452 g/mol. The van der Waals surface area contributed by atoms with Gasteiger partial charge in [0.05, 0.1) is 22.4 Å². The molecule has 1 heterocycles. The molecule has 1 aromatic carbocycles. The minimum Gasteiger partial charge on any atom is -0.305 e. The van der Waals surface area contributed by atoms with Crippen LogP contribution in [0.3, 0.4) is 0 Å². The molecule has 6 heteroatoms. The molecule has 0 amide bonds. The molecule has 2 aromatic rings. The Balaban J connectivity index is 2.53. The van der Waals surface area contributed by atoms with Crippen LogP contribution in [0.2, 0.25) is 0 Å². The van der Waals surface area contributed by atoms with E-state index in [2.05, 4.69) is 62.8 Å². The summed E-state index contributed by atoms with van der Waals surface area (Å²) in [7, 11) is 0. The van der Waals surface area contributed by atoms with Gasteiger partial charge in [0.15, 0.2) is 0 Å². The predicted molar refractivity (Wildman–Crippen MR) is 90.2 cm³/mol. The van der Waals surface area contributed by atoms with Gasteiger partial charge in [-0.25, -0.2) is 4.39 Å². The molecule has 0 aliphatic rings. The van der Waals surface area contributed by atoms with Crippen molar-refractivity contribution >= 4 is 38.5 Å². The number of aromatic nitrogens is 2. The topological polar surface area (TPSA) is 29.9 Å². The third-order valence-corrected chi connectivity index (χ3v) is 4.63. The van der Waals surface area contributed by atoms with E-state index in [0.29, 0.717) is 0 Å². The number of aryl methyl sites for hydroxylation is 1. The summed E-state index contributed by atoms with van der Waals surface area (Å²) < 4.78 is 17.1. The zero-order chi connectivity index (χ0) is 14.7. The highest BCUT2D eigenvalue weighted by atomic mass is 127. The third-order valence-electron chi connectivity index (χ3n) is 3.09. The van der Waals surface area contributed by atoms with Gasteiger partial charge in [-0.1, -0.05) is 13.0 Å². The molecule has 108 valence electrons. The third kappa shape index (κ3) is 3.23. The van der Waals surface area contributed by atoms with Crippen LogP contribution in [0.4, 0.5) is 4.39 Å². The maximum atomic E-state index is 13.3. The number of nitrogens with one attached hydrogen (secondary N) is 1. The second-order valence-electron chi connectivity index (χ2n) is 4.35. The maximum Gasteiger partial charge on any atom is 0.124 e. The van der Waals surface area contributed by atoms with E-state index in [1.54, 1.807) is 12.3 Å². The van der Waals surface area contributed by atoms with Crippen LogP contribution in [0.5, 0.6) is 0 Å². The predicted octanol–water partition coefficient (Wildman–Crippen LogP) is 4.11. The van der Waals surface area contributed by atoms with Crippen molar-refractivity contribution in [2.24, 2.45) is 0 Å². The van der Waals surface area contributed by atoms with E-state index in [1.165, 1.54) is 6.07 Å². The highest BCUT2D eigenvalue weighted by Crippen LogP contribution is 2.31. The summed E-state index contributed by atoms with van der Waals surface area (Å²) in [6.45, 7) is 5.73. The van der Waals surface area contributed by atoms with Crippen molar-refractivity contribution in [3.63, 3.8) is 0 Å². The van der Waals surface area contributed by atoms with Gasteiger partial charge in [-0.2, -0.15) is 5.10 Å². The van der Waals surface area contributed by atoms with E-state index in [9.17, 15) is 4.39 Å². The monoisotopic (exact) mass is 451 g/mol. The van der Waals surface area contributed by atoms with Crippen LogP contribution in [0.1, 0.15) is 31.1 Å². The zero-order valence-electron chi connectivity index (χ0n) is 11.3. The van der Waals surface area contributed by atoms with Crippen LogP contribution in [0, 0.1) is 9.39 Å². The van der Waals surface area contributed by atoms with E-state index in [1.807, 2.05) is 10.7 Å². The molecule has 1 atom stereocenters. The maximum absolute atomic E-state index is 13.3. The molecule has 3 nitrogen and oxygen atoms in total. The fourth-order valence-electron chi connectivity index (χ4n) is 2.20. The summed E-state index contributed by atoms with van der Waals surface area (Å²) in [6, 6.07) is 4.89. The normalized spacial score (nSPS) is 12.7. The van der Waals surface area contributed by atoms with Crippen molar-refractivity contribution in [2.45, 2.75) is 26.4 Å². The molecule has 0 aliphatic heterocycles. The molecule has 20 heavy (non-hydrogen) atoms. The Morgan fingerprint density at radius 1 is 1.45 bits per heavy atom. The molecule has 0 bridgehead atoms. The second-order valence-corrected chi connectivity index (χ2v) is 6.37. The smallest absolute Gasteiger partial charge is 0.124 e. The summed E-state index contributed by atoms with van der Waals surface area (Å²) in [6.07, 6.45) is 1.81. The number of nitrogens with zero attached hydrogens (tertiary/aromatic N) is 2. The Morgan fingerprint density at radius 3 is 2.80 bits per heavy atom. The van der Waals surface area contributed by atoms with Gasteiger partial charge in [0.2, 0.25) is 0 Å². The van der Waals surface area contributed by atoms with Crippen molar-refractivity contribution in [1.82, 2.24) is 15.1 Å². The van der Waals surface area contributed by atoms with Gasteiger partial charge in [0.25, 0.3) is 0 Å². The second kappa shape index (κ2) is 7.00. The summed E-state index contributed by atoms with van der Waals surface area (Å²) in [5.74, 6) is -0.212. The van der Waals surface area contributed by atoms with Crippen LogP contribution in [0.15, 0.2) is 28.9 Å². The van der Waals surface area contributed by atoms with E-state index in [4.69, 9.17) is 0 Å². The molecular formula is C14H16BrFIN3. The SMILES string of the molecule is CCNC(c1ccc(F)cc1I)c1c(Br)cnn1CC. The van der Waals surface area contributed by atoms with E-state index in [0.717, 1.165) is 32.4 Å². The van der Waals surface area contributed by atoms with Gasteiger partial charge in [-0.3, -0.25) is 4.68 Å². The first-order valence-electron chi connectivity index (χ1n) is 6.48. The zero-order valence-corrected chi connectivity index (χ0v) is 15.1. The molecule has 0 fully saturated rings. The lowest BCUT2D eigenvalue weighted by Crippen LogP contribution is -2.26. The number of rotatable bonds is 5. The molecule has 0 spiro atoms. The van der Waals surface area contributed by atoms with Crippen LogP contribution in [0.25, 0.3) is 0 Å². The lowest BCUT2D eigenvalue weighted by Gasteiger charge is -2.21. The largest absolute Gasteiger partial charge is 0.305 e. The van der Waals surface area contributed by atoms with Crippen molar-refractivity contribution in [3.8, 4) is 0 Å². The highest BCUT2D eigenvalue weighted by molar-refractivity contribution is 14.1. The minimum absolute atomic E-state index is 0.00988. The fourth-order valence-corrected chi connectivity index (χ4v) is 3.52. The number of hydrogen-bond donors (Lipinski definition) is 1. The number of benzene rings is 1. The fraction of sp³-hybridized carbons (Fsp3) is 0.357. The average Bonchev–Trinajstić information content (AvgIpc) is 2.78. The van der Waals surface area contributed by atoms with Gasteiger partial charge in [-0.05, 0) is 69.7 Å². The van der Waals surface area contributed by atoms with Gasteiger partial charge >= 0.3 is 0 Å². The molecule has 0 aliphatic carbocycles. The summed E-state index contributed by atoms with van der Waals surface area (Å²) in [5, 5.41) is 7.82. The Bertz CT molecular complexity index is 600. The molecular weight excluding hydrogens is 436 g/mol. The molecule has 0 saturated carbocycles. The standard InChI is InChI=1S/C14H16BrFIN3/c1-3-18-13(10-6-5-9(16)7-12(10)17)14-11(15)8-19-20(14)4-2/h5-8,13,18H,3-4H2,1-2H3. The number of hydrogen-bond acceptors (Lipinski definition) is 2. The highest BCUT2D eigenvalue weighted by Gasteiger charge is 2.22. The van der Waals surface area contributed by atoms with Crippen LogP contribution in [-0.4, -0.2) is 16.3 Å². The molecule has 1 aromatic heterocycles. The van der Waals surface area contributed by atoms with Crippen LogP contribution in [-0.2, 0) is 6.54 Å².